The van der Waals surface area contributed by atoms with E-state index in [0.29, 0.717) is 35.9 Å². The van der Waals surface area contributed by atoms with Crippen LogP contribution >= 0.6 is 0 Å². The Kier molecular flexibility index (Phi) is 4.68. The molecule has 1 aliphatic rings. The molecular weight excluding hydrogens is 260 g/mol. The highest BCUT2D eigenvalue weighted by molar-refractivity contribution is 5.95. The predicted molar refractivity (Wildman–Crippen MR) is 74.9 cm³/mol. The zero-order valence-electron chi connectivity index (χ0n) is 12.1. The Morgan fingerprint density at radius 2 is 1.60 bits per heavy atom. The second kappa shape index (κ2) is 6.47. The topological polar surface area (TPSA) is 60.0 Å². The molecule has 1 N–H and O–H groups in total. The predicted octanol–water partition coefficient (Wildman–Crippen LogP) is 0.758. The zero-order chi connectivity index (χ0) is 14.5. The number of ether oxygens (including phenoxy) is 3. The lowest BCUT2D eigenvalue weighted by Gasteiger charge is -2.27. The number of nitrogens with one attached hydrogen (secondary N) is 1. The first-order chi connectivity index (χ1) is 9.71. The van der Waals surface area contributed by atoms with E-state index in [1.807, 2.05) is 4.90 Å². The maximum Gasteiger partial charge on any atom is 0.254 e. The molecule has 0 unspecified atom stereocenters. The van der Waals surface area contributed by atoms with Crippen LogP contribution in [0.15, 0.2) is 12.1 Å². The molecule has 0 saturated carbocycles. The SMILES string of the molecule is COc1cc(C(=O)N2CCNCC2)cc(OC)c1OC. The Morgan fingerprint density at radius 1 is 1.05 bits per heavy atom. The monoisotopic (exact) mass is 280 g/mol. The van der Waals surface area contributed by atoms with Crippen molar-refractivity contribution in [3.8, 4) is 17.2 Å². The largest absolute Gasteiger partial charge is 0.493 e. The Bertz CT molecular complexity index is 459. The Labute approximate surface area is 118 Å². The van der Waals surface area contributed by atoms with Gasteiger partial charge in [-0.2, -0.15) is 0 Å². The van der Waals surface area contributed by atoms with Crippen LogP contribution in [0, 0.1) is 0 Å². The molecule has 1 saturated heterocycles. The van der Waals surface area contributed by atoms with Crippen molar-refractivity contribution in [3.05, 3.63) is 17.7 Å². The average molecular weight is 280 g/mol. The van der Waals surface area contributed by atoms with Crippen LogP contribution in [0.2, 0.25) is 0 Å². The highest BCUT2D eigenvalue weighted by Gasteiger charge is 2.22. The molecule has 1 heterocycles. The van der Waals surface area contributed by atoms with Gasteiger partial charge in [-0.1, -0.05) is 0 Å². The highest BCUT2D eigenvalue weighted by atomic mass is 16.5. The maximum atomic E-state index is 12.5. The van der Waals surface area contributed by atoms with Gasteiger partial charge in [0.05, 0.1) is 21.3 Å². The lowest BCUT2D eigenvalue weighted by atomic mass is 10.1. The van der Waals surface area contributed by atoms with E-state index in [1.165, 1.54) is 21.3 Å². The van der Waals surface area contributed by atoms with Crippen molar-refractivity contribution in [1.82, 2.24) is 10.2 Å². The maximum absolute atomic E-state index is 12.5. The smallest absolute Gasteiger partial charge is 0.254 e. The van der Waals surface area contributed by atoms with Gasteiger partial charge in [-0.05, 0) is 12.1 Å². The number of carbonyl (C=O) groups excluding carboxylic acids is 1. The van der Waals surface area contributed by atoms with Crippen LogP contribution in [-0.4, -0.2) is 58.3 Å². The molecule has 1 aromatic rings. The van der Waals surface area contributed by atoms with Gasteiger partial charge in [0.15, 0.2) is 11.5 Å². The summed E-state index contributed by atoms with van der Waals surface area (Å²) in [6.45, 7) is 3.04. The Balaban J connectivity index is 2.33. The lowest BCUT2D eigenvalue weighted by Crippen LogP contribution is -2.46. The number of benzene rings is 1. The molecule has 6 heteroatoms. The minimum atomic E-state index is -0.0225. The van der Waals surface area contributed by atoms with Crippen molar-refractivity contribution < 1.29 is 19.0 Å². The molecule has 20 heavy (non-hydrogen) atoms. The van der Waals surface area contributed by atoms with Crippen molar-refractivity contribution >= 4 is 5.91 Å². The molecule has 2 rings (SSSR count). The first-order valence-electron chi connectivity index (χ1n) is 6.51. The Morgan fingerprint density at radius 3 is 2.05 bits per heavy atom. The van der Waals surface area contributed by atoms with Crippen molar-refractivity contribution in [2.45, 2.75) is 0 Å². The number of methoxy groups -OCH3 is 3. The molecule has 0 atom stereocenters. The summed E-state index contributed by atoms with van der Waals surface area (Å²) in [4.78, 5) is 14.3. The molecule has 0 radical (unpaired) electrons. The van der Waals surface area contributed by atoms with E-state index in [2.05, 4.69) is 5.32 Å². The number of hydrogen-bond donors (Lipinski definition) is 1. The zero-order valence-corrected chi connectivity index (χ0v) is 12.1. The van der Waals surface area contributed by atoms with Crippen LogP contribution in [0.25, 0.3) is 0 Å². The molecule has 0 spiro atoms. The molecule has 0 bridgehead atoms. The normalized spacial score (nSPS) is 14.8. The van der Waals surface area contributed by atoms with Crippen molar-refractivity contribution in [2.75, 3.05) is 47.5 Å². The van der Waals surface area contributed by atoms with Crippen molar-refractivity contribution in [2.24, 2.45) is 0 Å². The molecule has 0 aliphatic carbocycles. The first-order valence-corrected chi connectivity index (χ1v) is 6.51. The summed E-state index contributed by atoms with van der Waals surface area (Å²) in [7, 11) is 4.62. The van der Waals surface area contributed by atoms with Crippen LogP contribution in [0.1, 0.15) is 10.4 Å². The Hall–Kier alpha value is -1.95. The number of piperazine rings is 1. The third kappa shape index (κ3) is 2.80. The van der Waals surface area contributed by atoms with Gasteiger partial charge in [-0.15, -0.1) is 0 Å². The minimum Gasteiger partial charge on any atom is -0.493 e. The number of amides is 1. The second-order valence-corrected chi connectivity index (χ2v) is 4.46. The third-order valence-corrected chi connectivity index (χ3v) is 3.32. The fourth-order valence-electron chi connectivity index (χ4n) is 2.26. The average Bonchev–Trinajstić information content (AvgIpc) is 2.53. The molecule has 1 fully saturated rings. The van der Waals surface area contributed by atoms with Crippen LogP contribution in [0.4, 0.5) is 0 Å². The molecule has 1 aliphatic heterocycles. The summed E-state index contributed by atoms with van der Waals surface area (Å²) in [6.07, 6.45) is 0. The minimum absolute atomic E-state index is 0.0225. The molecular formula is C14H20N2O4. The molecule has 1 amide bonds. The van der Waals surface area contributed by atoms with Gasteiger partial charge in [0, 0.05) is 31.7 Å². The van der Waals surface area contributed by atoms with Crippen LogP contribution in [0.5, 0.6) is 17.2 Å². The van der Waals surface area contributed by atoms with Gasteiger partial charge >= 0.3 is 0 Å². The highest BCUT2D eigenvalue weighted by Crippen LogP contribution is 2.38. The van der Waals surface area contributed by atoms with E-state index in [9.17, 15) is 4.79 Å². The van der Waals surface area contributed by atoms with E-state index < -0.39 is 0 Å². The number of rotatable bonds is 4. The molecule has 0 aromatic heterocycles. The van der Waals surface area contributed by atoms with Crippen molar-refractivity contribution in [1.29, 1.82) is 0 Å². The summed E-state index contributed by atoms with van der Waals surface area (Å²) in [5.41, 5.74) is 0.543. The van der Waals surface area contributed by atoms with Crippen LogP contribution in [-0.2, 0) is 0 Å². The number of carbonyl (C=O) groups is 1. The van der Waals surface area contributed by atoms with E-state index in [-0.39, 0.29) is 5.91 Å². The summed E-state index contributed by atoms with van der Waals surface area (Å²) in [5.74, 6) is 1.45. The molecule has 1 aromatic carbocycles. The quantitative estimate of drug-likeness (QED) is 0.882. The summed E-state index contributed by atoms with van der Waals surface area (Å²) in [6, 6.07) is 3.37. The van der Waals surface area contributed by atoms with Gasteiger partial charge in [0.1, 0.15) is 0 Å². The van der Waals surface area contributed by atoms with Crippen LogP contribution < -0.4 is 19.5 Å². The number of nitrogens with zero attached hydrogens (tertiary/aromatic N) is 1. The first kappa shape index (κ1) is 14.5. The van der Waals surface area contributed by atoms with E-state index in [4.69, 9.17) is 14.2 Å². The second-order valence-electron chi connectivity index (χ2n) is 4.46. The molecule has 6 nitrogen and oxygen atoms in total. The lowest BCUT2D eigenvalue weighted by molar-refractivity contribution is 0.0735. The van der Waals surface area contributed by atoms with Gasteiger partial charge < -0.3 is 24.4 Å². The summed E-state index contributed by atoms with van der Waals surface area (Å²) >= 11 is 0. The standard InChI is InChI=1S/C14H20N2O4/c1-18-11-8-10(9-12(19-2)13(11)20-3)14(17)16-6-4-15-5-7-16/h8-9,15H,4-7H2,1-3H3. The van der Waals surface area contributed by atoms with E-state index in [1.54, 1.807) is 12.1 Å². The van der Waals surface area contributed by atoms with Crippen molar-refractivity contribution in [3.63, 3.8) is 0 Å². The van der Waals surface area contributed by atoms with Gasteiger partial charge in [0.25, 0.3) is 5.91 Å². The fraction of sp³-hybridized carbons (Fsp3) is 0.500. The molecule has 110 valence electrons. The van der Waals surface area contributed by atoms with Crippen LogP contribution in [0.3, 0.4) is 0 Å². The fourth-order valence-corrected chi connectivity index (χ4v) is 2.26. The van der Waals surface area contributed by atoms with E-state index in [0.717, 1.165) is 13.1 Å². The van der Waals surface area contributed by atoms with E-state index >= 15 is 0 Å². The summed E-state index contributed by atoms with van der Waals surface area (Å²) < 4.78 is 15.8. The number of hydrogen-bond acceptors (Lipinski definition) is 5. The third-order valence-electron chi connectivity index (χ3n) is 3.32. The van der Waals surface area contributed by atoms with Gasteiger partial charge in [-0.3, -0.25) is 4.79 Å². The summed E-state index contributed by atoms with van der Waals surface area (Å²) in [5, 5.41) is 3.22. The van der Waals surface area contributed by atoms with Gasteiger partial charge in [0.2, 0.25) is 5.75 Å². The van der Waals surface area contributed by atoms with Gasteiger partial charge in [-0.25, -0.2) is 0 Å².